The molecule has 9 heteroatoms. The normalized spacial score (nSPS) is 16.0. The number of nitrogens with zero attached hydrogens (tertiary/aromatic N) is 3. The van der Waals surface area contributed by atoms with Crippen LogP contribution >= 0.6 is 22.9 Å². The Hall–Kier alpha value is -2.97. The van der Waals surface area contributed by atoms with Crippen LogP contribution in [0.4, 0.5) is 10.8 Å². The van der Waals surface area contributed by atoms with Crippen molar-refractivity contribution in [2.75, 3.05) is 16.8 Å². The SMILES string of the molecule is Cc1ccccc1N1C[C@@H](C(=O)Nc2nnc(COc3ccc(Cl)cc3)s2)CC1=O. The lowest BCUT2D eigenvalue weighted by atomic mass is 10.1. The van der Waals surface area contributed by atoms with Crippen LogP contribution in [-0.4, -0.2) is 28.6 Å². The van der Waals surface area contributed by atoms with Crippen molar-refractivity contribution in [1.82, 2.24) is 10.2 Å². The second-order valence-electron chi connectivity index (χ2n) is 6.92. The van der Waals surface area contributed by atoms with Gasteiger partial charge in [-0.05, 0) is 42.8 Å². The summed E-state index contributed by atoms with van der Waals surface area (Å²) in [5.41, 5.74) is 1.84. The predicted molar refractivity (Wildman–Crippen MR) is 116 cm³/mol. The molecule has 0 saturated carbocycles. The molecular weight excluding hydrogens is 424 g/mol. The molecule has 1 atom stereocenters. The van der Waals surface area contributed by atoms with Crippen molar-refractivity contribution in [3.63, 3.8) is 0 Å². The van der Waals surface area contributed by atoms with E-state index in [2.05, 4.69) is 15.5 Å². The molecule has 3 aromatic rings. The first-order chi connectivity index (χ1) is 14.5. The van der Waals surface area contributed by atoms with Gasteiger partial charge in [-0.25, -0.2) is 0 Å². The first-order valence-electron chi connectivity index (χ1n) is 9.37. The third-order valence-electron chi connectivity index (χ3n) is 4.78. The Kier molecular flexibility index (Phi) is 5.96. The Labute approximate surface area is 182 Å². The van der Waals surface area contributed by atoms with Crippen LogP contribution in [0.15, 0.2) is 48.5 Å². The maximum Gasteiger partial charge on any atom is 0.231 e. The number of halogens is 1. The zero-order chi connectivity index (χ0) is 21.1. The van der Waals surface area contributed by atoms with Gasteiger partial charge in [-0.15, -0.1) is 10.2 Å². The molecule has 4 rings (SSSR count). The van der Waals surface area contributed by atoms with Gasteiger partial charge in [0, 0.05) is 23.7 Å². The number of aromatic nitrogens is 2. The number of benzene rings is 2. The van der Waals surface area contributed by atoms with Gasteiger partial charge in [0.1, 0.15) is 12.4 Å². The molecule has 0 radical (unpaired) electrons. The van der Waals surface area contributed by atoms with E-state index in [1.807, 2.05) is 31.2 Å². The van der Waals surface area contributed by atoms with Gasteiger partial charge < -0.3 is 15.0 Å². The highest BCUT2D eigenvalue weighted by Crippen LogP contribution is 2.29. The van der Waals surface area contributed by atoms with Crippen molar-refractivity contribution in [3.8, 4) is 5.75 Å². The number of anilines is 2. The zero-order valence-corrected chi connectivity index (χ0v) is 17.7. The number of nitrogens with one attached hydrogen (secondary N) is 1. The summed E-state index contributed by atoms with van der Waals surface area (Å²) in [6.07, 6.45) is 0.172. The topological polar surface area (TPSA) is 84.4 Å². The van der Waals surface area contributed by atoms with Gasteiger partial charge in [-0.1, -0.05) is 41.1 Å². The maximum absolute atomic E-state index is 12.6. The summed E-state index contributed by atoms with van der Waals surface area (Å²) in [6, 6.07) is 14.7. The lowest BCUT2D eigenvalue weighted by Gasteiger charge is -2.18. The molecule has 154 valence electrons. The van der Waals surface area contributed by atoms with E-state index >= 15 is 0 Å². The standard InChI is InChI=1S/C21H19ClN4O3S/c1-13-4-2-3-5-17(13)26-11-14(10-19(26)27)20(28)23-21-25-24-18(30-21)12-29-16-8-6-15(22)7-9-16/h2-9,14H,10-12H2,1H3,(H,23,25,28)/t14-/m0/s1. The second-order valence-corrected chi connectivity index (χ2v) is 8.42. The zero-order valence-electron chi connectivity index (χ0n) is 16.2. The van der Waals surface area contributed by atoms with Crippen molar-refractivity contribution in [2.24, 2.45) is 5.92 Å². The molecule has 30 heavy (non-hydrogen) atoms. The second kappa shape index (κ2) is 8.81. The number of carbonyl (C=O) groups excluding carboxylic acids is 2. The number of carbonyl (C=O) groups is 2. The van der Waals surface area contributed by atoms with Crippen LogP contribution < -0.4 is 15.0 Å². The molecular formula is C21H19ClN4O3S. The Morgan fingerprint density at radius 3 is 2.77 bits per heavy atom. The average Bonchev–Trinajstić information content (AvgIpc) is 3.34. The molecule has 1 aromatic heterocycles. The van der Waals surface area contributed by atoms with E-state index in [0.29, 0.717) is 27.5 Å². The van der Waals surface area contributed by atoms with Gasteiger partial charge in [0.2, 0.25) is 16.9 Å². The van der Waals surface area contributed by atoms with Gasteiger partial charge in [-0.2, -0.15) is 0 Å². The lowest BCUT2D eigenvalue weighted by molar-refractivity contribution is -0.122. The van der Waals surface area contributed by atoms with Gasteiger partial charge in [0.15, 0.2) is 5.01 Å². The molecule has 2 aromatic carbocycles. The largest absolute Gasteiger partial charge is 0.486 e. The number of rotatable bonds is 6. The summed E-state index contributed by atoms with van der Waals surface area (Å²) < 4.78 is 5.64. The highest BCUT2D eigenvalue weighted by Gasteiger charge is 2.36. The Bertz CT molecular complexity index is 1070. The van der Waals surface area contributed by atoms with Crippen LogP contribution in [-0.2, 0) is 16.2 Å². The van der Waals surface area contributed by atoms with Gasteiger partial charge in [0.25, 0.3) is 0 Å². The molecule has 2 heterocycles. The number of aryl methyl sites for hydroxylation is 1. The molecule has 7 nitrogen and oxygen atoms in total. The van der Waals surface area contributed by atoms with Crippen molar-refractivity contribution >= 4 is 45.6 Å². The first-order valence-corrected chi connectivity index (χ1v) is 10.6. The molecule has 2 amide bonds. The third-order valence-corrected chi connectivity index (χ3v) is 5.84. The fourth-order valence-corrected chi connectivity index (χ4v) is 4.01. The van der Waals surface area contributed by atoms with Crippen LogP contribution in [0.25, 0.3) is 0 Å². The molecule has 0 aliphatic carbocycles. The van der Waals surface area contributed by atoms with E-state index in [1.165, 1.54) is 11.3 Å². The van der Waals surface area contributed by atoms with E-state index in [-0.39, 0.29) is 24.8 Å². The monoisotopic (exact) mass is 442 g/mol. The summed E-state index contributed by atoms with van der Waals surface area (Å²) in [4.78, 5) is 26.8. The van der Waals surface area contributed by atoms with Crippen LogP contribution in [0.3, 0.4) is 0 Å². The predicted octanol–water partition coefficient (Wildman–Crippen LogP) is 4.07. The number of amides is 2. The molecule has 1 aliphatic rings. The molecule has 1 saturated heterocycles. The van der Waals surface area contributed by atoms with Crippen molar-refractivity contribution in [2.45, 2.75) is 20.0 Å². The molecule has 0 spiro atoms. The lowest BCUT2D eigenvalue weighted by Crippen LogP contribution is -2.28. The molecule has 1 N–H and O–H groups in total. The summed E-state index contributed by atoms with van der Waals surface area (Å²) >= 11 is 7.09. The van der Waals surface area contributed by atoms with Crippen molar-refractivity contribution < 1.29 is 14.3 Å². The maximum atomic E-state index is 12.6. The highest BCUT2D eigenvalue weighted by molar-refractivity contribution is 7.15. The molecule has 1 aliphatic heterocycles. The summed E-state index contributed by atoms with van der Waals surface area (Å²) in [5.74, 6) is -0.0600. The molecule has 0 bridgehead atoms. The minimum Gasteiger partial charge on any atom is -0.486 e. The van der Waals surface area contributed by atoms with Crippen LogP contribution in [0, 0.1) is 12.8 Å². The van der Waals surface area contributed by atoms with Crippen molar-refractivity contribution in [3.05, 3.63) is 64.1 Å². The van der Waals surface area contributed by atoms with E-state index in [4.69, 9.17) is 16.3 Å². The van der Waals surface area contributed by atoms with Crippen LogP contribution in [0.5, 0.6) is 5.75 Å². The Balaban J connectivity index is 1.34. The summed E-state index contributed by atoms with van der Waals surface area (Å²) in [5, 5.41) is 12.5. The van der Waals surface area contributed by atoms with Gasteiger partial charge in [0.05, 0.1) is 5.92 Å². The third kappa shape index (κ3) is 4.60. The highest BCUT2D eigenvalue weighted by atomic mass is 35.5. The van der Waals surface area contributed by atoms with E-state index in [1.54, 1.807) is 29.2 Å². The average molecular weight is 443 g/mol. The van der Waals surface area contributed by atoms with Gasteiger partial charge in [-0.3, -0.25) is 9.59 Å². The first kappa shape index (κ1) is 20.3. The minimum absolute atomic E-state index is 0.0567. The van der Waals surface area contributed by atoms with Crippen LogP contribution in [0.1, 0.15) is 17.0 Å². The minimum atomic E-state index is -0.435. The van der Waals surface area contributed by atoms with E-state index < -0.39 is 5.92 Å². The number of hydrogen-bond donors (Lipinski definition) is 1. The molecule has 1 fully saturated rings. The summed E-state index contributed by atoms with van der Waals surface area (Å²) in [6.45, 7) is 2.53. The summed E-state index contributed by atoms with van der Waals surface area (Å²) in [7, 11) is 0. The Morgan fingerprint density at radius 1 is 1.23 bits per heavy atom. The number of ether oxygens (including phenoxy) is 1. The van der Waals surface area contributed by atoms with E-state index in [9.17, 15) is 9.59 Å². The smallest absolute Gasteiger partial charge is 0.231 e. The van der Waals surface area contributed by atoms with E-state index in [0.717, 1.165) is 11.3 Å². The number of hydrogen-bond acceptors (Lipinski definition) is 6. The number of para-hydroxylation sites is 1. The Morgan fingerprint density at radius 2 is 2.00 bits per heavy atom. The fourth-order valence-electron chi connectivity index (χ4n) is 3.23. The van der Waals surface area contributed by atoms with Crippen molar-refractivity contribution in [1.29, 1.82) is 0 Å². The quantitative estimate of drug-likeness (QED) is 0.622. The van der Waals surface area contributed by atoms with Crippen LogP contribution in [0.2, 0.25) is 5.02 Å². The van der Waals surface area contributed by atoms with Gasteiger partial charge >= 0.3 is 0 Å². The molecule has 0 unspecified atom stereocenters. The fraction of sp³-hybridized carbons (Fsp3) is 0.238.